The Labute approximate surface area is 195 Å². The van der Waals surface area contributed by atoms with Crippen LogP contribution in [0.5, 0.6) is 0 Å². The Hall–Kier alpha value is -3.14. The minimum Gasteiger partial charge on any atom is -0.445 e. The van der Waals surface area contributed by atoms with Crippen molar-refractivity contribution in [2.24, 2.45) is 5.92 Å². The first-order chi connectivity index (χ1) is 16.0. The van der Waals surface area contributed by atoms with Crippen molar-refractivity contribution in [3.8, 4) is 11.5 Å². The average Bonchev–Trinajstić information content (AvgIpc) is 3.33. The topological polar surface area (TPSA) is 80.5 Å². The van der Waals surface area contributed by atoms with Crippen LogP contribution in [0.3, 0.4) is 0 Å². The van der Waals surface area contributed by atoms with Crippen LogP contribution >= 0.6 is 0 Å². The van der Waals surface area contributed by atoms with E-state index >= 15 is 0 Å². The van der Waals surface area contributed by atoms with Crippen LogP contribution in [-0.2, 0) is 16.0 Å². The molecule has 1 fully saturated rings. The van der Waals surface area contributed by atoms with Crippen molar-refractivity contribution in [2.75, 3.05) is 24.2 Å². The van der Waals surface area contributed by atoms with Crippen molar-refractivity contribution < 1.29 is 30.8 Å². The lowest BCUT2D eigenvalue weighted by Crippen LogP contribution is -2.34. The second-order valence-corrected chi connectivity index (χ2v) is 10.4. The zero-order chi connectivity index (χ0) is 24.5. The van der Waals surface area contributed by atoms with E-state index in [2.05, 4.69) is 4.98 Å². The molecule has 180 valence electrons. The van der Waals surface area contributed by atoms with Crippen molar-refractivity contribution in [1.82, 2.24) is 4.98 Å². The molecule has 3 aromatic rings. The Kier molecular flexibility index (Phi) is 6.53. The molecule has 0 N–H and O–H groups in total. The third-order valence-corrected chi connectivity index (χ3v) is 7.14. The summed E-state index contributed by atoms with van der Waals surface area (Å²) in [5.41, 5.74) is 0.708. The number of ketones is 1. The number of halogens is 3. The molecule has 0 spiro atoms. The maximum Gasteiger partial charge on any atom is 0.416 e. The zero-order valence-electron chi connectivity index (χ0n) is 18.4. The molecule has 1 aliphatic heterocycles. The average molecular weight is 493 g/mol. The predicted molar refractivity (Wildman–Crippen MR) is 120 cm³/mol. The van der Waals surface area contributed by atoms with E-state index in [0.29, 0.717) is 37.2 Å². The third kappa shape index (κ3) is 5.32. The Bertz CT molecular complexity index is 1260. The number of hydrogen-bond donors (Lipinski definition) is 0. The third-order valence-electron chi connectivity index (χ3n) is 6.03. The number of anilines is 1. The van der Waals surface area contributed by atoms with Gasteiger partial charge in [0.05, 0.1) is 16.7 Å². The lowest BCUT2D eigenvalue weighted by Gasteiger charge is -2.33. The zero-order valence-corrected chi connectivity index (χ0v) is 19.2. The van der Waals surface area contributed by atoms with Crippen molar-refractivity contribution in [3.63, 3.8) is 0 Å². The molecule has 2 aromatic carbocycles. The van der Waals surface area contributed by atoms with Gasteiger partial charge in [-0.2, -0.15) is 13.2 Å². The Morgan fingerprint density at radius 1 is 1.12 bits per heavy atom. The van der Waals surface area contributed by atoms with E-state index in [1.54, 1.807) is 0 Å². The first kappa shape index (κ1) is 24.0. The first-order valence-electron chi connectivity index (χ1n) is 10.7. The van der Waals surface area contributed by atoms with Gasteiger partial charge in [0.1, 0.15) is 6.26 Å². The highest BCUT2D eigenvalue weighted by Crippen LogP contribution is 2.33. The normalized spacial score (nSPS) is 15.5. The number of carbonyl (C=O) groups is 1. The summed E-state index contributed by atoms with van der Waals surface area (Å²) >= 11 is 0. The van der Waals surface area contributed by atoms with Gasteiger partial charge in [-0.1, -0.05) is 0 Å². The van der Waals surface area contributed by atoms with Crippen LogP contribution in [0.1, 0.15) is 35.2 Å². The fourth-order valence-electron chi connectivity index (χ4n) is 4.16. The molecule has 1 aliphatic rings. The summed E-state index contributed by atoms with van der Waals surface area (Å²) in [7, 11) is -3.51. The highest BCUT2D eigenvalue weighted by molar-refractivity contribution is 7.90. The van der Waals surface area contributed by atoms with E-state index in [9.17, 15) is 26.4 Å². The number of rotatable bonds is 6. The molecule has 0 amide bonds. The van der Waals surface area contributed by atoms with E-state index < -0.39 is 21.6 Å². The molecule has 10 heteroatoms. The summed E-state index contributed by atoms with van der Waals surface area (Å²) < 4.78 is 67.8. The van der Waals surface area contributed by atoms with E-state index in [1.165, 1.54) is 42.8 Å². The van der Waals surface area contributed by atoms with Crippen molar-refractivity contribution in [1.29, 1.82) is 0 Å². The maximum atomic E-state index is 13.2. The monoisotopic (exact) mass is 492 g/mol. The summed E-state index contributed by atoms with van der Waals surface area (Å²) in [6, 6.07) is 9.40. The number of piperidine rings is 1. The number of carbonyl (C=O) groups excluding carboxylic acids is 1. The van der Waals surface area contributed by atoms with Crippen LogP contribution in [0.4, 0.5) is 18.9 Å². The van der Waals surface area contributed by atoms with Crippen LogP contribution in [0.2, 0.25) is 0 Å². The van der Waals surface area contributed by atoms with Crippen LogP contribution in [0.15, 0.2) is 64.2 Å². The predicted octanol–water partition coefficient (Wildman–Crippen LogP) is 5.25. The van der Waals surface area contributed by atoms with Gasteiger partial charge in [-0.3, -0.25) is 4.79 Å². The van der Waals surface area contributed by atoms with Gasteiger partial charge in [0, 0.05) is 42.6 Å². The smallest absolute Gasteiger partial charge is 0.416 e. The fourth-order valence-corrected chi connectivity index (χ4v) is 4.80. The molecular weight excluding hydrogens is 469 g/mol. The van der Waals surface area contributed by atoms with E-state index in [1.807, 2.05) is 4.90 Å². The summed E-state index contributed by atoms with van der Waals surface area (Å²) in [5, 5.41) is 0. The Morgan fingerprint density at radius 3 is 2.35 bits per heavy atom. The Morgan fingerprint density at radius 2 is 1.79 bits per heavy atom. The quantitative estimate of drug-likeness (QED) is 0.437. The van der Waals surface area contributed by atoms with Crippen LogP contribution in [0.25, 0.3) is 11.5 Å². The van der Waals surface area contributed by atoms with Gasteiger partial charge in [-0.25, -0.2) is 13.4 Å². The highest BCUT2D eigenvalue weighted by Gasteiger charge is 2.30. The molecule has 1 saturated heterocycles. The number of hydrogen-bond acceptors (Lipinski definition) is 6. The minimum atomic E-state index is -4.37. The van der Waals surface area contributed by atoms with Crippen molar-refractivity contribution >= 4 is 21.3 Å². The largest absolute Gasteiger partial charge is 0.445 e. The van der Waals surface area contributed by atoms with Crippen LogP contribution in [-0.4, -0.2) is 38.5 Å². The summed E-state index contributed by atoms with van der Waals surface area (Å²) in [5.74, 6) is 0.102. The number of benzene rings is 2. The molecular formula is C24H23F3N2O4S. The lowest BCUT2D eigenvalue weighted by atomic mass is 9.88. The lowest BCUT2D eigenvalue weighted by molar-refractivity contribution is -0.137. The summed E-state index contributed by atoms with van der Waals surface area (Å²) in [6.45, 7) is 1.22. The fraction of sp³-hybridized carbons (Fsp3) is 0.333. The first-order valence-corrected chi connectivity index (χ1v) is 12.6. The molecule has 0 unspecified atom stereocenters. The molecule has 2 heterocycles. The molecule has 6 nitrogen and oxygen atoms in total. The molecule has 1 aromatic heterocycles. The van der Waals surface area contributed by atoms with E-state index in [0.717, 1.165) is 18.4 Å². The number of nitrogens with zero attached hydrogens (tertiary/aromatic N) is 2. The Balaban J connectivity index is 1.46. The molecule has 0 aliphatic carbocycles. The van der Waals surface area contributed by atoms with E-state index in [-0.39, 0.29) is 34.5 Å². The SMILES string of the molecule is CS(=O)(=O)c1ccc(-c2ncco2)c(C(=O)CC2CCN(c3ccc(C(F)(F)F)cc3)CC2)c1. The van der Waals surface area contributed by atoms with E-state index in [4.69, 9.17) is 4.42 Å². The molecule has 0 radical (unpaired) electrons. The summed E-state index contributed by atoms with van der Waals surface area (Å²) in [6.07, 6.45) is 1.14. The van der Waals surface area contributed by atoms with Crippen LogP contribution in [0, 0.1) is 5.92 Å². The van der Waals surface area contributed by atoms with Gasteiger partial charge in [-0.15, -0.1) is 0 Å². The molecule has 4 rings (SSSR count). The van der Waals surface area contributed by atoms with Crippen LogP contribution < -0.4 is 4.90 Å². The van der Waals surface area contributed by atoms with Gasteiger partial charge in [0.15, 0.2) is 15.6 Å². The van der Waals surface area contributed by atoms with Crippen molar-refractivity contribution in [2.45, 2.75) is 30.3 Å². The van der Waals surface area contributed by atoms with Gasteiger partial charge in [0.25, 0.3) is 0 Å². The second kappa shape index (κ2) is 9.25. The van der Waals surface area contributed by atoms with Gasteiger partial charge < -0.3 is 9.32 Å². The number of oxazole rings is 1. The maximum absolute atomic E-state index is 13.2. The van der Waals surface area contributed by atoms with Gasteiger partial charge >= 0.3 is 6.18 Å². The molecule has 34 heavy (non-hydrogen) atoms. The number of aromatic nitrogens is 1. The summed E-state index contributed by atoms with van der Waals surface area (Å²) in [4.78, 5) is 19.3. The molecule has 0 bridgehead atoms. The number of Topliss-reactive ketones (excluding diaryl/α,β-unsaturated/α-hetero) is 1. The van der Waals surface area contributed by atoms with Gasteiger partial charge in [-0.05, 0) is 61.2 Å². The number of alkyl halides is 3. The van der Waals surface area contributed by atoms with Crippen molar-refractivity contribution in [3.05, 3.63) is 66.1 Å². The molecule has 0 atom stereocenters. The second-order valence-electron chi connectivity index (χ2n) is 8.42. The highest BCUT2D eigenvalue weighted by atomic mass is 32.2. The molecule has 0 saturated carbocycles. The minimum absolute atomic E-state index is 0.0447. The number of sulfone groups is 1. The van der Waals surface area contributed by atoms with Gasteiger partial charge in [0.2, 0.25) is 5.89 Å². The standard InChI is InChI=1S/C24H23F3N2O4S/c1-34(31,32)19-6-7-20(23-28-10-13-33-23)21(15-19)22(30)14-16-8-11-29(12-9-16)18-4-2-17(3-5-18)24(25,26)27/h2-7,10,13,15-16H,8-9,11-12,14H2,1H3.